The highest BCUT2D eigenvalue weighted by Gasteiger charge is 2.10. The Balaban J connectivity index is 1.83. The third kappa shape index (κ3) is 3.89. The molecule has 0 aromatic carbocycles. The van der Waals surface area contributed by atoms with E-state index in [1.807, 2.05) is 26.1 Å². The van der Waals surface area contributed by atoms with E-state index in [0.717, 1.165) is 25.2 Å². The van der Waals surface area contributed by atoms with Crippen molar-refractivity contribution in [1.29, 1.82) is 0 Å². The van der Waals surface area contributed by atoms with Crippen molar-refractivity contribution < 1.29 is 5.11 Å². The Bertz CT molecular complexity index is 479. The van der Waals surface area contributed by atoms with Gasteiger partial charge in [0, 0.05) is 12.1 Å². The van der Waals surface area contributed by atoms with E-state index < -0.39 is 0 Å². The molecule has 0 radical (unpaired) electrons. The lowest BCUT2D eigenvalue weighted by Crippen LogP contribution is -2.23. The predicted molar refractivity (Wildman–Crippen MR) is 79.1 cm³/mol. The van der Waals surface area contributed by atoms with Gasteiger partial charge in [0.1, 0.15) is 0 Å². The molecule has 2 aromatic rings. The molecule has 0 bridgehead atoms. The molecule has 3 N–H and O–H groups in total. The molecule has 4 nitrogen and oxygen atoms in total. The van der Waals surface area contributed by atoms with Crippen LogP contribution in [0.3, 0.4) is 0 Å². The molecule has 0 spiro atoms. The summed E-state index contributed by atoms with van der Waals surface area (Å²) in [6.07, 6.45) is 2.42. The lowest BCUT2D eigenvalue weighted by molar-refractivity contribution is 0.116. The van der Waals surface area contributed by atoms with E-state index in [2.05, 4.69) is 27.0 Å². The minimum absolute atomic E-state index is 0.228. The summed E-state index contributed by atoms with van der Waals surface area (Å²) in [6, 6.07) is 4.13. The Morgan fingerprint density at radius 1 is 1.47 bits per heavy atom. The number of hydrogen-bond acceptors (Lipinski definition) is 4. The predicted octanol–water partition coefficient (Wildman–Crippen LogP) is 2.63. The van der Waals surface area contributed by atoms with E-state index in [9.17, 15) is 5.11 Å². The van der Waals surface area contributed by atoms with Gasteiger partial charge in [-0.15, -0.1) is 11.3 Å². The number of aliphatic hydroxyl groups excluding tert-OH is 1. The fourth-order valence-corrected chi connectivity index (χ4v) is 2.64. The first-order valence-corrected chi connectivity index (χ1v) is 7.51. The molecule has 0 aliphatic carbocycles. The average molecular weight is 279 g/mol. The number of rotatable bonds is 7. The first kappa shape index (κ1) is 14.2. The second kappa shape index (κ2) is 6.84. The van der Waals surface area contributed by atoms with E-state index in [1.165, 1.54) is 10.4 Å². The molecule has 19 heavy (non-hydrogen) atoms. The van der Waals surface area contributed by atoms with E-state index in [1.54, 1.807) is 11.3 Å². The molecule has 0 amide bonds. The number of nitrogens with zero attached hydrogens (tertiary/aromatic N) is 1. The van der Waals surface area contributed by atoms with Gasteiger partial charge in [-0.2, -0.15) is 5.10 Å². The van der Waals surface area contributed by atoms with E-state index in [4.69, 9.17) is 0 Å². The van der Waals surface area contributed by atoms with Crippen LogP contribution in [0.25, 0.3) is 10.6 Å². The summed E-state index contributed by atoms with van der Waals surface area (Å²) in [5.74, 6) is 0.317. The number of thiophene rings is 1. The lowest BCUT2D eigenvalue weighted by Gasteiger charge is -2.14. The van der Waals surface area contributed by atoms with E-state index in [-0.39, 0.29) is 6.10 Å². The van der Waals surface area contributed by atoms with E-state index in [0.29, 0.717) is 5.92 Å². The molecule has 0 aliphatic rings. The largest absolute Gasteiger partial charge is 0.393 e. The Morgan fingerprint density at radius 3 is 3.00 bits per heavy atom. The molecule has 2 aromatic heterocycles. The fourth-order valence-electron chi connectivity index (χ4n) is 1.89. The number of aromatic amines is 1. The number of aliphatic hydroxyl groups is 1. The molecule has 0 fully saturated rings. The van der Waals surface area contributed by atoms with Crippen molar-refractivity contribution in [2.24, 2.45) is 5.92 Å². The van der Waals surface area contributed by atoms with Gasteiger partial charge in [0.05, 0.1) is 22.9 Å². The van der Waals surface area contributed by atoms with Crippen molar-refractivity contribution in [2.45, 2.75) is 32.9 Å². The van der Waals surface area contributed by atoms with Crippen LogP contribution >= 0.6 is 11.3 Å². The van der Waals surface area contributed by atoms with Gasteiger partial charge in [0.2, 0.25) is 0 Å². The van der Waals surface area contributed by atoms with Crippen molar-refractivity contribution in [1.82, 2.24) is 15.5 Å². The molecular weight excluding hydrogens is 258 g/mol. The van der Waals surface area contributed by atoms with Crippen LogP contribution in [0.2, 0.25) is 0 Å². The monoisotopic (exact) mass is 279 g/mol. The minimum atomic E-state index is -0.228. The van der Waals surface area contributed by atoms with Crippen LogP contribution in [-0.2, 0) is 6.54 Å². The summed E-state index contributed by atoms with van der Waals surface area (Å²) >= 11 is 1.70. The zero-order valence-electron chi connectivity index (χ0n) is 11.4. The fraction of sp³-hybridized carbons (Fsp3) is 0.500. The quantitative estimate of drug-likeness (QED) is 0.683. The van der Waals surface area contributed by atoms with Gasteiger partial charge in [-0.1, -0.05) is 19.9 Å². The average Bonchev–Trinajstić information content (AvgIpc) is 3.04. The summed E-state index contributed by atoms with van der Waals surface area (Å²) in [4.78, 5) is 1.21. The molecule has 0 aliphatic heterocycles. The number of aromatic nitrogens is 2. The minimum Gasteiger partial charge on any atom is -0.393 e. The lowest BCUT2D eigenvalue weighted by atomic mass is 10.0. The molecular formula is C14H21N3OS. The molecule has 0 saturated heterocycles. The molecule has 0 saturated carbocycles. The zero-order valence-corrected chi connectivity index (χ0v) is 12.2. The molecule has 5 heteroatoms. The van der Waals surface area contributed by atoms with E-state index >= 15 is 0 Å². The Kier molecular flexibility index (Phi) is 5.13. The van der Waals surface area contributed by atoms with Crippen LogP contribution in [0.15, 0.2) is 23.7 Å². The standard InChI is InChI=1S/C14H21N3OS/c1-10(2)12(18)5-6-15-8-11-9-16-17-14(11)13-4-3-7-19-13/h3-4,7,9-10,12,15,18H,5-6,8H2,1-2H3,(H,16,17). The Morgan fingerprint density at radius 2 is 2.32 bits per heavy atom. The maximum absolute atomic E-state index is 9.73. The van der Waals surface area contributed by atoms with Gasteiger partial charge in [-0.25, -0.2) is 0 Å². The van der Waals surface area contributed by atoms with Gasteiger partial charge in [0.25, 0.3) is 0 Å². The van der Waals surface area contributed by atoms with Gasteiger partial charge in [-0.05, 0) is 30.3 Å². The van der Waals surface area contributed by atoms with Crippen molar-refractivity contribution in [3.05, 3.63) is 29.3 Å². The summed E-state index contributed by atoms with van der Waals surface area (Å²) in [7, 11) is 0. The number of nitrogens with one attached hydrogen (secondary N) is 2. The number of hydrogen-bond donors (Lipinski definition) is 3. The van der Waals surface area contributed by atoms with Crippen LogP contribution < -0.4 is 5.32 Å². The number of H-pyrrole nitrogens is 1. The third-order valence-electron chi connectivity index (χ3n) is 3.19. The highest BCUT2D eigenvalue weighted by atomic mass is 32.1. The Labute approximate surface area is 117 Å². The van der Waals surface area contributed by atoms with Gasteiger partial charge in [-0.3, -0.25) is 5.10 Å². The summed E-state index contributed by atoms with van der Waals surface area (Å²) in [5, 5.41) is 22.3. The topological polar surface area (TPSA) is 60.9 Å². The molecule has 1 unspecified atom stereocenters. The van der Waals surface area contributed by atoms with Crippen LogP contribution in [0.5, 0.6) is 0 Å². The SMILES string of the molecule is CC(C)C(O)CCNCc1cn[nH]c1-c1cccs1. The maximum Gasteiger partial charge on any atom is 0.0794 e. The first-order chi connectivity index (χ1) is 9.18. The highest BCUT2D eigenvalue weighted by molar-refractivity contribution is 7.13. The third-order valence-corrected chi connectivity index (χ3v) is 4.07. The second-order valence-corrected chi connectivity index (χ2v) is 5.97. The summed E-state index contributed by atoms with van der Waals surface area (Å²) in [6.45, 7) is 5.66. The smallest absolute Gasteiger partial charge is 0.0794 e. The van der Waals surface area contributed by atoms with Crippen LogP contribution in [0.1, 0.15) is 25.8 Å². The zero-order chi connectivity index (χ0) is 13.7. The summed E-state index contributed by atoms with van der Waals surface area (Å²) < 4.78 is 0. The first-order valence-electron chi connectivity index (χ1n) is 6.63. The Hall–Kier alpha value is -1.17. The van der Waals surface area contributed by atoms with Gasteiger partial charge >= 0.3 is 0 Å². The van der Waals surface area contributed by atoms with Crippen molar-refractivity contribution >= 4 is 11.3 Å². The maximum atomic E-state index is 9.73. The molecule has 104 valence electrons. The normalized spacial score (nSPS) is 13.1. The van der Waals surface area contributed by atoms with Gasteiger partial charge < -0.3 is 10.4 Å². The molecule has 2 rings (SSSR count). The van der Waals surface area contributed by atoms with Crippen molar-refractivity contribution in [3.63, 3.8) is 0 Å². The second-order valence-electron chi connectivity index (χ2n) is 5.02. The van der Waals surface area contributed by atoms with Crippen molar-refractivity contribution in [3.8, 4) is 10.6 Å². The van der Waals surface area contributed by atoms with Crippen LogP contribution in [0.4, 0.5) is 0 Å². The van der Waals surface area contributed by atoms with Crippen LogP contribution in [0, 0.1) is 5.92 Å². The van der Waals surface area contributed by atoms with Gasteiger partial charge in [0.15, 0.2) is 0 Å². The highest BCUT2D eigenvalue weighted by Crippen LogP contribution is 2.25. The van der Waals surface area contributed by atoms with Crippen LogP contribution in [-0.4, -0.2) is 28.0 Å². The summed E-state index contributed by atoms with van der Waals surface area (Å²) in [5.41, 5.74) is 2.26. The molecule has 2 heterocycles. The molecule has 1 atom stereocenters. The van der Waals surface area contributed by atoms with Crippen molar-refractivity contribution in [2.75, 3.05) is 6.54 Å².